The summed E-state index contributed by atoms with van der Waals surface area (Å²) >= 11 is 0. The summed E-state index contributed by atoms with van der Waals surface area (Å²) in [7, 11) is 1.72. The Bertz CT molecular complexity index is 1020. The molecule has 35 heavy (non-hydrogen) atoms. The first-order valence-electron chi connectivity index (χ1n) is 12.7. The molecule has 1 saturated carbocycles. The van der Waals surface area contributed by atoms with Gasteiger partial charge in [-0.05, 0) is 51.1 Å². The van der Waals surface area contributed by atoms with Crippen molar-refractivity contribution in [3.05, 3.63) is 36.5 Å². The molecule has 4 N–H and O–H groups in total. The van der Waals surface area contributed by atoms with E-state index in [0.717, 1.165) is 49.7 Å². The van der Waals surface area contributed by atoms with E-state index in [0.29, 0.717) is 18.8 Å². The summed E-state index contributed by atoms with van der Waals surface area (Å²) in [5.74, 6) is 0.0154. The Kier molecular flexibility index (Phi) is 8.17. The quantitative estimate of drug-likeness (QED) is 0.463. The van der Waals surface area contributed by atoms with Crippen LogP contribution in [0.15, 0.2) is 36.5 Å². The molecule has 1 aromatic heterocycles. The molecule has 1 aliphatic heterocycles. The number of aromatic amines is 1. The van der Waals surface area contributed by atoms with E-state index in [9.17, 15) is 14.4 Å². The zero-order chi connectivity index (χ0) is 24.8. The van der Waals surface area contributed by atoms with Crippen molar-refractivity contribution < 1.29 is 14.4 Å². The number of hydrogen-bond donors (Lipinski definition) is 4. The Morgan fingerprint density at radius 1 is 1.06 bits per heavy atom. The number of carbonyl (C=O) groups is 3. The standard InChI is InChI=1S/C26H36N6O3/c1-17(27-2)24(33)29-22(19-12-7-4-8-13-19)26(35)32-15-9-14-21(32)25(34)30-23-20(16-28-31-23)18-10-5-3-6-11-18/h3,5-6,10-11,16-17,19,21-22,27H,4,7-9,12-15H2,1-2H3,(H,29,33)(H2,28,30,31,34)/t17-,21-,22-/m0/s1. The van der Waals surface area contributed by atoms with Crippen molar-refractivity contribution in [2.24, 2.45) is 5.92 Å². The van der Waals surface area contributed by atoms with Gasteiger partial charge < -0.3 is 20.9 Å². The monoisotopic (exact) mass is 480 g/mol. The SMILES string of the molecule is CN[C@@H](C)C(=O)N[C@H](C(=O)N1CCC[C@H]1C(=O)Nc1[nH]ncc1-c1ccccc1)C1CCCCC1. The number of anilines is 1. The molecule has 1 aliphatic carbocycles. The van der Waals surface area contributed by atoms with Gasteiger partial charge in [-0.1, -0.05) is 49.6 Å². The van der Waals surface area contributed by atoms with Crippen molar-refractivity contribution in [2.45, 2.75) is 70.0 Å². The number of benzene rings is 1. The summed E-state index contributed by atoms with van der Waals surface area (Å²) in [5, 5.41) is 15.9. The number of carbonyl (C=O) groups excluding carboxylic acids is 3. The van der Waals surface area contributed by atoms with Gasteiger partial charge >= 0.3 is 0 Å². The summed E-state index contributed by atoms with van der Waals surface area (Å²) < 4.78 is 0. The normalized spacial score (nSPS) is 20.3. The van der Waals surface area contributed by atoms with Crippen molar-refractivity contribution in [1.82, 2.24) is 25.7 Å². The Balaban J connectivity index is 1.50. The van der Waals surface area contributed by atoms with Gasteiger partial charge in [0.15, 0.2) is 0 Å². The third kappa shape index (κ3) is 5.73. The number of likely N-dealkylation sites (tertiary alicyclic amines) is 1. The van der Waals surface area contributed by atoms with Crippen LogP contribution < -0.4 is 16.0 Å². The molecule has 0 radical (unpaired) electrons. The summed E-state index contributed by atoms with van der Waals surface area (Å²) in [4.78, 5) is 41.5. The van der Waals surface area contributed by atoms with E-state index in [4.69, 9.17) is 0 Å². The van der Waals surface area contributed by atoms with Crippen molar-refractivity contribution >= 4 is 23.5 Å². The van der Waals surface area contributed by atoms with Crippen LogP contribution in [0.25, 0.3) is 11.1 Å². The summed E-state index contributed by atoms with van der Waals surface area (Å²) in [6.07, 6.45) is 8.09. The van der Waals surface area contributed by atoms with Crippen LogP contribution in [0.4, 0.5) is 5.82 Å². The first-order valence-corrected chi connectivity index (χ1v) is 12.7. The molecule has 1 saturated heterocycles. The molecular weight excluding hydrogens is 444 g/mol. The van der Waals surface area contributed by atoms with Gasteiger partial charge in [-0.2, -0.15) is 5.10 Å². The molecule has 3 atom stereocenters. The average molecular weight is 481 g/mol. The molecule has 2 aromatic rings. The second kappa shape index (κ2) is 11.5. The minimum absolute atomic E-state index is 0.0888. The van der Waals surface area contributed by atoms with Crippen LogP contribution in [0.3, 0.4) is 0 Å². The molecule has 2 fully saturated rings. The predicted octanol–water partition coefficient (Wildman–Crippen LogP) is 2.68. The lowest BCUT2D eigenvalue weighted by Crippen LogP contribution is -2.57. The predicted molar refractivity (Wildman–Crippen MR) is 134 cm³/mol. The van der Waals surface area contributed by atoms with Crippen LogP contribution in [-0.4, -0.2) is 64.5 Å². The molecule has 9 heteroatoms. The number of H-pyrrole nitrogens is 1. The van der Waals surface area contributed by atoms with Crippen molar-refractivity contribution in [3.63, 3.8) is 0 Å². The van der Waals surface area contributed by atoms with Crippen LogP contribution in [0.2, 0.25) is 0 Å². The zero-order valence-corrected chi connectivity index (χ0v) is 20.5. The van der Waals surface area contributed by atoms with E-state index >= 15 is 0 Å². The van der Waals surface area contributed by atoms with Gasteiger partial charge in [0.05, 0.1) is 12.2 Å². The van der Waals surface area contributed by atoms with Gasteiger partial charge in [-0.15, -0.1) is 0 Å². The highest BCUT2D eigenvalue weighted by atomic mass is 16.2. The Morgan fingerprint density at radius 2 is 1.80 bits per heavy atom. The highest BCUT2D eigenvalue weighted by Gasteiger charge is 2.41. The maximum atomic E-state index is 13.8. The molecule has 0 unspecified atom stereocenters. The summed E-state index contributed by atoms with van der Waals surface area (Å²) in [5.41, 5.74) is 1.73. The van der Waals surface area contributed by atoms with Crippen molar-refractivity contribution in [1.29, 1.82) is 0 Å². The van der Waals surface area contributed by atoms with Crippen LogP contribution in [0, 0.1) is 5.92 Å². The summed E-state index contributed by atoms with van der Waals surface area (Å²) in [6, 6.07) is 8.11. The lowest BCUT2D eigenvalue weighted by Gasteiger charge is -2.35. The van der Waals surface area contributed by atoms with Gasteiger partial charge in [-0.3, -0.25) is 19.5 Å². The van der Waals surface area contributed by atoms with Crippen molar-refractivity contribution in [3.8, 4) is 11.1 Å². The molecule has 2 heterocycles. The van der Waals surface area contributed by atoms with E-state index in [1.54, 1.807) is 25.1 Å². The van der Waals surface area contributed by atoms with E-state index < -0.39 is 18.1 Å². The van der Waals surface area contributed by atoms with Crippen LogP contribution >= 0.6 is 0 Å². The molecule has 3 amide bonds. The highest BCUT2D eigenvalue weighted by Crippen LogP contribution is 2.30. The average Bonchev–Trinajstić information content (AvgIpc) is 3.57. The maximum absolute atomic E-state index is 13.8. The van der Waals surface area contributed by atoms with Gasteiger partial charge in [0.2, 0.25) is 17.7 Å². The smallest absolute Gasteiger partial charge is 0.248 e. The number of likely N-dealkylation sites (N-methyl/N-ethyl adjacent to an activating group) is 1. The Labute approximate surface area is 206 Å². The highest BCUT2D eigenvalue weighted by molar-refractivity contribution is 6.00. The fraction of sp³-hybridized carbons (Fsp3) is 0.538. The van der Waals surface area contributed by atoms with E-state index in [1.165, 1.54) is 0 Å². The van der Waals surface area contributed by atoms with E-state index in [2.05, 4.69) is 26.1 Å². The minimum atomic E-state index is -0.612. The first-order chi connectivity index (χ1) is 17.0. The molecular formula is C26H36N6O3. The summed E-state index contributed by atoms with van der Waals surface area (Å²) in [6.45, 7) is 2.28. The Morgan fingerprint density at radius 3 is 2.51 bits per heavy atom. The first kappa shape index (κ1) is 24.9. The van der Waals surface area contributed by atoms with E-state index in [-0.39, 0.29) is 23.6 Å². The van der Waals surface area contributed by atoms with Gasteiger partial charge in [0.25, 0.3) is 0 Å². The number of aromatic nitrogens is 2. The Hall–Kier alpha value is -3.20. The van der Waals surface area contributed by atoms with Gasteiger partial charge in [-0.25, -0.2) is 0 Å². The van der Waals surface area contributed by atoms with Crippen LogP contribution in [-0.2, 0) is 14.4 Å². The molecule has 0 spiro atoms. The molecule has 9 nitrogen and oxygen atoms in total. The maximum Gasteiger partial charge on any atom is 0.248 e. The number of amides is 3. The second-order valence-electron chi connectivity index (χ2n) is 9.60. The third-order valence-corrected chi connectivity index (χ3v) is 7.32. The molecule has 0 bridgehead atoms. The zero-order valence-electron chi connectivity index (χ0n) is 20.5. The third-order valence-electron chi connectivity index (χ3n) is 7.32. The van der Waals surface area contributed by atoms with E-state index in [1.807, 2.05) is 30.3 Å². The second-order valence-corrected chi connectivity index (χ2v) is 9.60. The van der Waals surface area contributed by atoms with Crippen LogP contribution in [0.1, 0.15) is 51.9 Å². The number of rotatable bonds is 8. The fourth-order valence-electron chi connectivity index (χ4n) is 5.16. The lowest BCUT2D eigenvalue weighted by molar-refractivity contribution is -0.142. The van der Waals surface area contributed by atoms with Gasteiger partial charge in [0.1, 0.15) is 17.9 Å². The van der Waals surface area contributed by atoms with Crippen molar-refractivity contribution in [2.75, 3.05) is 18.9 Å². The fourth-order valence-corrected chi connectivity index (χ4v) is 5.16. The minimum Gasteiger partial charge on any atom is -0.343 e. The molecule has 4 rings (SSSR count). The molecule has 1 aromatic carbocycles. The topological polar surface area (TPSA) is 119 Å². The molecule has 188 valence electrons. The number of nitrogens with zero attached hydrogens (tertiary/aromatic N) is 2. The van der Waals surface area contributed by atoms with Gasteiger partial charge in [0, 0.05) is 12.1 Å². The number of hydrogen-bond acceptors (Lipinski definition) is 5. The largest absolute Gasteiger partial charge is 0.343 e. The lowest BCUT2D eigenvalue weighted by atomic mass is 9.83. The van der Waals surface area contributed by atoms with Crippen LogP contribution in [0.5, 0.6) is 0 Å². The number of nitrogens with one attached hydrogen (secondary N) is 4. The molecule has 2 aliphatic rings.